The number of hydrogen-bond acceptors (Lipinski definition) is 5. The van der Waals surface area contributed by atoms with Crippen LogP contribution in [0.25, 0.3) is 0 Å². The van der Waals surface area contributed by atoms with Crippen LogP contribution in [0.5, 0.6) is 5.75 Å². The summed E-state index contributed by atoms with van der Waals surface area (Å²) in [4.78, 5) is 12.5. The number of hydrogen-bond donors (Lipinski definition) is 2. The lowest BCUT2D eigenvalue weighted by molar-refractivity contribution is -0.114. The molecule has 29 heavy (non-hydrogen) atoms. The number of aryl methyl sites for hydroxylation is 1. The Morgan fingerprint density at radius 3 is 2.41 bits per heavy atom. The molecule has 156 valence electrons. The van der Waals surface area contributed by atoms with E-state index < -0.39 is 10.0 Å². The largest absolute Gasteiger partial charge is 0.495 e. The molecule has 1 aliphatic rings. The van der Waals surface area contributed by atoms with Crippen molar-refractivity contribution in [2.45, 2.75) is 31.1 Å². The number of carbonyl (C=O) groups excluding carboxylic acids is 1. The smallest absolute Gasteiger partial charge is 0.243 e. The van der Waals surface area contributed by atoms with E-state index in [0.29, 0.717) is 30.2 Å². The monoisotopic (exact) mass is 417 g/mol. The minimum atomic E-state index is -3.45. The Morgan fingerprint density at radius 2 is 1.76 bits per heavy atom. The number of amides is 1. The summed E-state index contributed by atoms with van der Waals surface area (Å²) in [7, 11) is -1.90. The van der Waals surface area contributed by atoms with Crippen molar-refractivity contribution in [1.82, 2.24) is 4.31 Å². The second kappa shape index (κ2) is 9.28. The van der Waals surface area contributed by atoms with Gasteiger partial charge in [-0.25, -0.2) is 8.42 Å². The molecule has 0 radical (unpaired) electrons. The van der Waals surface area contributed by atoms with Crippen molar-refractivity contribution in [3.63, 3.8) is 0 Å². The molecule has 1 aliphatic heterocycles. The van der Waals surface area contributed by atoms with Crippen molar-refractivity contribution in [1.29, 1.82) is 0 Å². The van der Waals surface area contributed by atoms with Gasteiger partial charge in [-0.3, -0.25) is 4.79 Å². The van der Waals surface area contributed by atoms with Crippen molar-refractivity contribution in [2.75, 3.05) is 37.4 Å². The Labute approximate surface area is 172 Å². The van der Waals surface area contributed by atoms with Crippen LogP contribution in [0, 0.1) is 6.92 Å². The molecule has 2 N–H and O–H groups in total. The van der Waals surface area contributed by atoms with Crippen LogP contribution >= 0.6 is 0 Å². The van der Waals surface area contributed by atoms with Crippen molar-refractivity contribution >= 4 is 27.3 Å². The Bertz CT molecular complexity index is 952. The van der Waals surface area contributed by atoms with Gasteiger partial charge in [-0.15, -0.1) is 0 Å². The zero-order valence-electron chi connectivity index (χ0n) is 16.8. The fraction of sp³-hybridized carbons (Fsp3) is 0.381. The van der Waals surface area contributed by atoms with Crippen LogP contribution in [0.4, 0.5) is 11.4 Å². The van der Waals surface area contributed by atoms with E-state index in [1.807, 2.05) is 19.1 Å². The number of rotatable bonds is 7. The normalized spacial score (nSPS) is 15.0. The summed E-state index contributed by atoms with van der Waals surface area (Å²) in [6.07, 6.45) is 2.88. The van der Waals surface area contributed by atoms with Crippen LogP contribution in [0.1, 0.15) is 24.8 Å². The zero-order chi connectivity index (χ0) is 20.9. The molecule has 7 nitrogen and oxygen atoms in total. The number of sulfonamides is 1. The summed E-state index contributed by atoms with van der Waals surface area (Å²) >= 11 is 0. The molecule has 1 heterocycles. The maximum absolute atomic E-state index is 12.7. The predicted octanol–water partition coefficient (Wildman–Crippen LogP) is 3.23. The summed E-state index contributed by atoms with van der Waals surface area (Å²) < 4.78 is 32.2. The van der Waals surface area contributed by atoms with E-state index in [0.717, 1.165) is 24.8 Å². The maximum atomic E-state index is 12.7. The van der Waals surface area contributed by atoms with E-state index >= 15 is 0 Å². The third-order valence-electron chi connectivity index (χ3n) is 4.89. The van der Waals surface area contributed by atoms with E-state index in [2.05, 4.69) is 10.6 Å². The molecule has 0 aromatic heterocycles. The zero-order valence-corrected chi connectivity index (χ0v) is 17.6. The number of methoxy groups -OCH3 is 1. The second-order valence-electron chi connectivity index (χ2n) is 7.09. The van der Waals surface area contributed by atoms with Crippen molar-refractivity contribution < 1.29 is 17.9 Å². The molecule has 0 aliphatic carbocycles. The maximum Gasteiger partial charge on any atom is 0.243 e. The fourth-order valence-electron chi connectivity index (χ4n) is 3.30. The summed E-state index contributed by atoms with van der Waals surface area (Å²) in [6, 6.07) is 12.1. The van der Waals surface area contributed by atoms with Crippen LogP contribution < -0.4 is 15.4 Å². The summed E-state index contributed by atoms with van der Waals surface area (Å²) in [5, 5.41) is 5.84. The van der Waals surface area contributed by atoms with Crippen LogP contribution in [-0.2, 0) is 14.8 Å². The van der Waals surface area contributed by atoms with E-state index in [4.69, 9.17) is 4.74 Å². The molecule has 1 saturated heterocycles. The van der Waals surface area contributed by atoms with Crippen molar-refractivity contribution in [3.8, 4) is 5.75 Å². The first-order valence-corrected chi connectivity index (χ1v) is 11.1. The van der Waals surface area contributed by atoms with Crippen LogP contribution in [0.15, 0.2) is 47.4 Å². The minimum absolute atomic E-state index is 0.0509. The molecule has 0 atom stereocenters. The Balaban J connectivity index is 1.59. The van der Waals surface area contributed by atoms with Gasteiger partial charge in [0.2, 0.25) is 15.9 Å². The number of anilines is 2. The first-order valence-electron chi connectivity index (χ1n) is 9.69. The van der Waals surface area contributed by atoms with Gasteiger partial charge < -0.3 is 15.4 Å². The van der Waals surface area contributed by atoms with Gasteiger partial charge in [0, 0.05) is 18.8 Å². The predicted molar refractivity (Wildman–Crippen MR) is 114 cm³/mol. The molecule has 1 fully saturated rings. The number of carbonyl (C=O) groups is 1. The van der Waals surface area contributed by atoms with Crippen molar-refractivity contribution in [2.24, 2.45) is 0 Å². The fourth-order valence-corrected chi connectivity index (χ4v) is 4.81. The molecule has 0 saturated carbocycles. The number of nitrogens with zero attached hydrogens (tertiary/aromatic N) is 1. The average Bonchev–Trinajstić information content (AvgIpc) is 2.73. The van der Waals surface area contributed by atoms with E-state index in [1.54, 1.807) is 41.7 Å². The van der Waals surface area contributed by atoms with Gasteiger partial charge in [0.05, 0.1) is 24.2 Å². The van der Waals surface area contributed by atoms with Gasteiger partial charge in [-0.1, -0.05) is 12.5 Å². The third kappa shape index (κ3) is 5.27. The molecule has 2 aromatic rings. The van der Waals surface area contributed by atoms with Gasteiger partial charge in [0.25, 0.3) is 0 Å². The minimum Gasteiger partial charge on any atom is -0.495 e. The van der Waals surface area contributed by atoms with Crippen LogP contribution in [-0.4, -0.2) is 45.4 Å². The van der Waals surface area contributed by atoms with Crippen LogP contribution in [0.2, 0.25) is 0 Å². The molecular weight excluding hydrogens is 390 g/mol. The first kappa shape index (κ1) is 21.1. The molecule has 2 aromatic carbocycles. The lowest BCUT2D eigenvalue weighted by Crippen LogP contribution is -2.35. The number of piperidine rings is 1. The lowest BCUT2D eigenvalue weighted by atomic mass is 10.2. The Kier molecular flexibility index (Phi) is 6.76. The van der Waals surface area contributed by atoms with Crippen molar-refractivity contribution in [3.05, 3.63) is 48.0 Å². The van der Waals surface area contributed by atoms with Gasteiger partial charge in [-0.05, 0) is 61.7 Å². The Morgan fingerprint density at radius 1 is 1.07 bits per heavy atom. The summed E-state index contributed by atoms with van der Waals surface area (Å²) in [6.45, 7) is 3.14. The molecule has 0 bridgehead atoms. The molecule has 0 spiro atoms. The highest BCUT2D eigenvalue weighted by Crippen LogP contribution is 2.25. The van der Waals surface area contributed by atoms with E-state index in [9.17, 15) is 13.2 Å². The molecule has 0 unspecified atom stereocenters. The topological polar surface area (TPSA) is 87.7 Å². The quantitative estimate of drug-likeness (QED) is 0.722. The average molecular weight is 418 g/mol. The van der Waals surface area contributed by atoms with Gasteiger partial charge in [-0.2, -0.15) is 4.31 Å². The third-order valence-corrected chi connectivity index (χ3v) is 6.80. The Hall–Kier alpha value is -2.58. The molecule has 3 rings (SSSR count). The standard InChI is InChI=1S/C21H27N3O4S/c1-16-6-11-20(28-2)19(14-16)23-21(25)15-22-17-7-9-18(10-8-17)29(26,27)24-12-4-3-5-13-24/h6-11,14,22H,3-5,12-13,15H2,1-2H3,(H,23,25). The summed E-state index contributed by atoms with van der Waals surface area (Å²) in [5.74, 6) is 0.370. The second-order valence-corrected chi connectivity index (χ2v) is 9.03. The highest BCUT2D eigenvalue weighted by Gasteiger charge is 2.25. The number of ether oxygens (including phenoxy) is 1. The molecule has 8 heteroatoms. The lowest BCUT2D eigenvalue weighted by Gasteiger charge is -2.25. The molecule has 1 amide bonds. The highest BCUT2D eigenvalue weighted by atomic mass is 32.2. The van der Waals surface area contributed by atoms with Gasteiger partial charge >= 0.3 is 0 Å². The number of nitrogens with one attached hydrogen (secondary N) is 2. The van der Waals surface area contributed by atoms with Crippen LogP contribution in [0.3, 0.4) is 0 Å². The molecular formula is C21H27N3O4S. The summed E-state index contributed by atoms with van der Waals surface area (Å²) in [5.41, 5.74) is 2.30. The van der Waals surface area contributed by atoms with E-state index in [1.165, 1.54) is 0 Å². The SMILES string of the molecule is COc1ccc(C)cc1NC(=O)CNc1ccc(S(=O)(=O)N2CCCCC2)cc1. The van der Waals surface area contributed by atoms with E-state index in [-0.39, 0.29) is 17.3 Å². The first-order chi connectivity index (χ1) is 13.9. The van der Waals surface area contributed by atoms with Gasteiger partial charge in [0.1, 0.15) is 5.75 Å². The van der Waals surface area contributed by atoms with Gasteiger partial charge in [0.15, 0.2) is 0 Å². The number of benzene rings is 2. The highest BCUT2D eigenvalue weighted by molar-refractivity contribution is 7.89.